The zero-order chi connectivity index (χ0) is 18.1. The van der Waals surface area contributed by atoms with E-state index in [1.165, 1.54) is 32.8 Å². The number of hydrogen-bond acceptors (Lipinski definition) is 4. The first kappa shape index (κ1) is 21.0. The standard InChI is InChI=1S/C19H32N4O3.HI/c1-3-20-17(21-13-5-10-23(11-6-13)18(24)25-2)22-15-14-7-12-26-16(14)19(15)8-4-9-19;/h13-16H,3-12H2,1-2H3,(H2,20,21,22);1H. The van der Waals surface area contributed by atoms with Crippen molar-refractivity contribution in [1.29, 1.82) is 0 Å². The number of likely N-dealkylation sites (tertiary alicyclic amines) is 1. The number of rotatable bonds is 3. The average molecular weight is 492 g/mol. The Labute approximate surface area is 179 Å². The molecule has 4 rings (SSSR count). The molecule has 1 amide bonds. The lowest BCUT2D eigenvalue weighted by atomic mass is 9.46. The fraction of sp³-hybridized carbons (Fsp3) is 0.895. The summed E-state index contributed by atoms with van der Waals surface area (Å²) in [6, 6.07) is 0.846. The number of methoxy groups -OCH3 is 1. The van der Waals surface area contributed by atoms with Gasteiger partial charge in [0.15, 0.2) is 5.96 Å². The van der Waals surface area contributed by atoms with Gasteiger partial charge in [0.25, 0.3) is 0 Å². The highest BCUT2D eigenvalue weighted by atomic mass is 127. The van der Waals surface area contributed by atoms with Gasteiger partial charge in [-0.1, -0.05) is 6.42 Å². The van der Waals surface area contributed by atoms with Gasteiger partial charge in [0, 0.05) is 49.7 Å². The molecule has 4 fully saturated rings. The van der Waals surface area contributed by atoms with E-state index in [9.17, 15) is 4.79 Å². The Balaban J connectivity index is 0.00000210. The van der Waals surface area contributed by atoms with Crippen LogP contribution in [0.1, 0.15) is 45.4 Å². The molecule has 4 aliphatic rings. The van der Waals surface area contributed by atoms with Crippen LogP contribution in [0, 0.1) is 11.3 Å². The third-order valence-corrected chi connectivity index (χ3v) is 6.91. The van der Waals surface area contributed by atoms with Crippen molar-refractivity contribution >= 4 is 36.0 Å². The molecule has 7 nitrogen and oxygen atoms in total. The minimum atomic E-state index is -0.224. The lowest BCUT2D eigenvalue weighted by Gasteiger charge is -2.63. The van der Waals surface area contributed by atoms with E-state index in [2.05, 4.69) is 17.6 Å². The first-order valence-electron chi connectivity index (χ1n) is 10.2. The van der Waals surface area contributed by atoms with E-state index in [1.54, 1.807) is 4.90 Å². The summed E-state index contributed by atoms with van der Waals surface area (Å²) in [4.78, 5) is 18.1. The summed E-state index contributed by atoms with van der Waals surface area (Å²) >= 11 is 0. The second kappa shape index (κ2) is 8.71. The molecule has 27 heavy (non-hydrogen) atoms. The predicted molar refractivity (Wildman–Crippen MR) is 115 cm³/mol. The van der Waals surface area contributed by atoms with E-state index in [0.717, 1.165) is 45.0 Å². The third kappa shape index (κ3) is 3.75. The molecule has 2 aliphatic carbocycles. The van der Waals surface area contributed by atoms with Gasteiger partial charge in [-0.3, -0.25) is 4.99 Å². The molecular weight excluding hydrogens is 459 g/mol. The topological polar surface area (TPSA) is 75.2 Å². The summed E-state index contributed by atoms with van der Waals surface area (Å²) in [7, 11) is 1.44. The molecule has 0 aromatic heterocycles. The molecule has 1 spiro atoms. The first-order chi connectivity index (χ1) is 12.7. The van der Waals surface area contributed by atoms with Crippen LogP contribution in [0.5, 0.6) is 0 Å². The molecule has 2 saturated heterocycles. The molecule has 8 heteroatoms. The van der Waals surface area contributed by atoms with Gasteiger partial charge < -0.3 is 25.0 Å². The number of ether oxygens (including phenoxy) is 2. The van der Waals surface area contributed by atoms with Crippen molar-refractivity contribution in [1.82, 2.24) is 15.5 Å². The number of nitrogens with zero attached hydrogens (tertiary/aromatic N) is 2. The van der Waals surface area contributed by atoms with E-state index in [4.69, 9.17) is 14.5 Å². The highest BCUT2D eigenvalue weighted by Crippen LogP contribution is 2.62. The van der Waals surface area contributed by atoms with Crippen molar-refractivity contribution in [2.75, 3.05) is 33.4 Å². The number of aliphatic imine (C=N–C) groups is 1. The maximum Gasteiger partial charge on any atom is 0.409 e. The van der Waals surface area contributed by atoms with Crippen LogP contribution in [0.25, 0.3) is 0 Å². The Morgan fingerprint density at radius 2 is 2.00 bits per heavy atom. The summed E-state index contributed by atoms with van der Waals surface area (Å²) in [5.74, 6) is 1.57. The summed E-state index contributed by atoms with van der Waals surface area (Å²) in [5.41, 5.74) is 0.353. The number of carbonyl (C=O) groups is 1. The van der Waals surface area contributed by atoms with Crippen molar-refractivity contribution in [3.63, 3.8) is 0 Å². The maximum atomic E-state index is 11.6. The Morgan fingerprint density at radius 3 is 2.59 bits per heavy atom. The number of hydrogen-bond donors (Lipinski definition) is 2. The predicted octanol–water partition coefficient (Wildman–Crippen LogP) is 2.35. The Kier molecular flexibility index (Phi) is 6.76. The van der Waals surface area contributed by atoms with Gasteiger partial charge in [0.1, 0.15) is 0 Å². The van der Waals surface area contributed by atoms with E-state index < -0.39 is 0 Å². The monoisotopic (exact) mass is 492 g/mol. The summed E-state index contributed by atoms with van der Waals surface area (Å²) in [6.07, 6.45) is 7.14. The molecule has 2 heterocycles. The lowest BCUT2D eigenvalue weighted by molar-refractivity contribution is -0.171. The van der Waals surface area contributed by atoms with Crippen molar-refractivity contribution in [3.05, 3.63) is 0 Å². The molecule has 2 aliphatic heterocycles. The first-order valence-corrected chi connectivity index (χ1v) is 10.2. The van der Waals surface area contributed by atoms with Gasteiger partial charge in [0.2, 0.25) is 0 Å². The zero-order valence-corrected chi connectivity index (χ0v) is 18.7. The van der Waals surface area contributed by atoms with Crippen molar-refractivity contribution < 1.29 is 14.3 Å². The number of halogens is 1. The van der Waals surface area contributed by atoms with Crippen LogP contribution in [0.15, 0.2) is 4.99 Å². The summed E-state index contributed by atoms with van der Waals surface area (Å²) < 4.78 is 10.8. The zero-order valence-electron chi connectivity index (χ0n) is 16.4. The largest absolute Gasteiger partial charge is 0.453 e. The minimum absolute atomic E-state index is 0. The van der Waals surface area contributed by atoms with Crippen LogP contribution < -0.4 is 10.6 Å². The molecule has 0 bridgehead atoms. The Morgan fingerprint density at radius 1 is 1.26 bits per heavy atom. The van der Waals surface area contributed by atoms with Gasteiger partial charge in [-0.15, -0.1) is 24.0 Å². The van der Waals surface area contributed by atoms with Crippen LogP contribution in [0.3, 0.4) is 0 Å². The molecule has 154 valence electrons. The third-order valence-electron chi connectivity index (χ3n) is 6.91. The minimum Gasteiger partial charge on any atom is -0.453 e. The van der Waals surface area contributed by atoms with Crippen LogP contribution in [0.2, 0.25) is 0 Å². The Hall–Kier alpha value is -0.770. The van der Waals surface area contributed by atoms with E-state index in [0.29, 0.717) is 29.5 Å². The number of fused-ring (bicyclic) bond motifs is 2. The van der Waals surface area contributed by atoms with Gasteiger partial charge in [-0.25, -0.2) is 4.79 Å². The number of piperidine rings is 1. The molecule has 0 radical (unpaired) electrons. The fourth-order valence-corrected chi connectivity index (χ4v) is 5.42. The number of guanidine groups is 1. The fourth-order valence-electron chi connectivity index (χ4n) is 5.42. The summed E-state index contributed by atoms with van der Waals surface area (Å²) in [5, 5.41) is 7.38. The number of nitrogens with one attached hydrogen (secondary N) is 2. The molecular formula is C19H33IN4O3. The van der Waals surface area contributed by atoms with Crippen LogP contribution in [-0.2, 0) is 9.47 Å². The molecule has 3 unspecified atom stereocenters. The lowest BCUT2D eigenvalue weighted by Crippen LogP contribution is -2.72. The van der Waals surface area contributed by atoms with Crippen LogP contribution in [0.4, 0.5) is 4.79 Å². The van der Waals surface area contributed by atoms with Crippen molar-refractivity contribution in [3.8, 4) is 0 Å². The Bertz CT molecular complexity index is 561. The van der Waals surface area contributed by atoms with E-state index in [1.807, 2.05) is 0 Å². The van der Waals surface area contributed by atoms with Gasteiger partial charge >= 0.3 is 6.09 Å². The maximum absolute atomic E-state index is 11.6. The van der Waals surface area contributed by atoms with Crippen molar-refractivity contribution in [2.24, 2.45) is 16.3 Å². The summed E-state index contributed by atoms with van der Waals surface area (Å²) in [6.45, 7) is 5.21. The van der Waals surface area contributed by atoms with Crippen LogP contribution >= 0.6 is 24.0 Å². The molecule has 2 saturated carbocycles. The van der Waals surface area contributed by atoms with E-state index >= 15 is 0 Å². The van der Waals surface area contributed by atoms with Crippen molar-refractivity contribution in [2.45, 2.75) is 63.6 Å². The SMILES string of the molecule is CCN=C(NC1CCN(C(=O)OC)CC1)NC1C2CCOC2C12CCC2.I. The normalized spacial score (nSPS) is 32.0. The quantitative estimate of drug-likeness (QED) is 0.360. The highest BCUT2D eigenvalue weighted by Gasteiger charge is 2.66. The number of carbonyl (C=O) groups excluding carboxylic acids is 1. The molecule has 0 aromatic rings. The smallest absolute Gasteiger partial charge is 0.409 e. The van der Waals surface area contributed by atoms with Gasteiger partial charge in [-0.05, 0) is 39.0 Å². The average Bonchev–Trinajstić information content (AvgIpc) is 3.03. The van der Waals surface area contributed by atoms with Crippen LogP contribution in [-0.4, -0.2) is 68.5 Å². The molecule has 0 aromatic carbocycles. The second-order valence-corrected chi connectivity index (χ2v) is 8.15. The highest BCUT2D eigenvalue weighted by molar-refractivity contribution is 14.0. The van der Waals surface area contributed by atoms with Gasteiger partial charge in [-0.2, -0.15) is 0 Å². The van der Waals surface area contributed by atoms with Gasteiger partial charge in [0.05, 0.1) is 13.2 Å². The van der Waals surface area contributed by atoms with E-state index in [-0.39, 0.29) is 30.1 Å². The molecule has 2 N–H and O–H groups in total. The number of amides is 1. The molecule has 3 atom stereocenters. The second-order valence-electron chi connectivity index (χ2n) is 8.15.